The molecule has 1 amide bonds. The number of nitrogens with one attached hydrogen (secondary N) is 1. The van der Waals surface area contributed by atoms with E-state index in [1.165, 1.54) is 0 Å². The van der Waals surface area contributed by atoms with E-state index in [9.17, 15) is 9.90 Å². The molecule has 9 nitrogen and oxygen atoms in total. The molecular weight excluding hydrogens is 496 g/mol. The summed E-state index contributed by atoms with van der Waals surface area (Å²) in [6.45, 7) is 8.19. The predicted molar refractivity (Wildman–Crippen MR) is 151 cm³/mol. The van der Waals surface area contributed by atoms with Gasteiger partial charge in [0, 0.05) is 23.7 Å². The summed E-state index contributed by atoms with van der Waals surface area (Å²) in [7, 11) is 0. The average Bonchev–Trinajstić information content (AvgIpc) is 2.90. The van der Waals surface area contributed by atoms with E-state index >= 15 is 0 Å². The van der Waals surface area contributed by atoms with E-state index in [0.29, 0.717) is 41.7 Å². The van der Waals surface area contributed by atoms with Crippen LogP contribution in [0.5, 0.6) is 23.0 Å². The zero-order chi connectivity index (χ0) is 28.3. The number of amides is 1. The molecule has 0 bridgehead atoms. The van der Waals surface area contributed by atoms with Crippen LogP contribution in [0.4, 0.5) is 11.4 Å². The van der Waals surface area contributed by atoms with Crippen molar-refractivity contribution in [3.8, 4) is 23.0 Å². The monoisotopic (exact) mass is 532 g/mol. The third-order valence-electron chi connectivity index (χ3n) is 7.28. The van der Waals surface area contributed by atoms with Crippen molar-refractivity contribution in [2.24, 2.45) is 11.5 Å². The molecule has 0 aromatic heterocycles. The van der Waals surface area contributed by atoms with Gasteiger partial charge < -0.3 is 30.8 Å². The number of hydrogen-bond donors (Lipinski definition) is 4. The van der Waals surface area contributed by atoms with E-state index in [-0.39, 0.29) is 18.2 Å². The Kier molecular flexibility index (Phi) is 7.90. The maximum atomic E-state index is 11.0. The van der Waals surface area contributed by atoms with Crippen molar-refractivity contribution in [1.82, 2.24) is 0 Å². The standard InChI is InChI=1S/C30H36N4O5/c1-18-19(2)28-25(20(3)27(18)36)12-13-30(4,39-28)14-15-37-23-10-8-21(9-11-23)34(29(32)33)22-6-5-7-24(16-22)38-17-26(31)35/h5-11,16,36H,12-15,17H2,1-4H3,(H2,31,35)(H3,32,33). The number of nitrogens with zero attached hydrogens (tertiary/aromatic N) is 1. The summed E-state index contributed by atoms with van der Waals surface area (Å²) >= 11 is 0. The van der Waals surface area contributed by atoms with Crippen molar-refractivity contribution in [2.75, 3.05) is 18.1 Å². The first-order valence-electron chi connectivity index (χ1n) is 12.9. The summed E-state index contributed by atoms with van der Waals surface area (Å²) in [5.41, 5.74) is 15.8. The maximum absolute atomic E-state index is 11.0. The van der Waals surface area contributed by atoms with Crippen LogP contribution in [0.2, 0.25) is 0 Å². The Morgan fingerprint density at radius 3 is 2.41 bits per heavy atom. The van der Waals surface area contributed by atoms with Gasteiger partial charge >= 0.3 is 0 Å². The number of aromatic hydroxyl groups is 1. The Bertz CT molecular complexity index is 1390. The van der Waals surface area contributed by atoms with Gasteiger partial charge in [0.1, 0.15) is 28.6 Å². The topological polar surface area (TPSA) is 144 Å². The van der Waals surface area contributed by atoms with E-state index in [1.54, 1.807) is 29.2 Å². The third kappa shape index (κ3) is 6.03. The zero-order valence-corrected chi connectivity index (χ0v) is 22.8. The normalized spacial score (nSPS) is 16.1. The molecule has 1 aliphatic rings. The SMILES string of the molecule is Cc1c(C)c2c(c(C)c1O)CCC(C)(CCOc1ccc(N(C(=N)N)c3cccc(OCC(N)=O)c3)cc1)O2. The Labute approximate surface area is 228 Å². The lowest BCUT2D eigenvalue weighted by Gasteiger charge is -2.38. The maximum Gasteiger partial charge on any atom is 0.255 e. The molecular formula is C30H36N4O5. The van der Waals surface area contributed by atoms with Crippen molar-refractivity contribution in [2.45, 2.75) is 52.6 Å². The van der Waals surface area contributed by atoms with Crippen LogP contribution in [0.15, 0.2) is 48.5 Å². The number of primary amides is 1. The van der Waals surface area contributed by atoms with E-state index in [1.807, 2.05) is 45.0 Å². The molecule has 0 aliphatic carbocycles. The minimum absolute atomic E-state index is 0.174. The Morgan fingerprint density at radius 2 is 1.74 bits per heavy atom. The third-order valence-corrected chi connectivity index (χ3v) is 7.28. The first-order valence-corrected chi connectivity index (χ1v) is 12.9. The summed E-state index contributed by atoms with van der Waals surface area (Å²) in [6, 6.07) is 14.2. The van der Waals surface area contributed by atoms with Crippen molar-refractivity contribution >= 4 is 23.2 Å². The van der Waals surface area contributed by atoms with Crippen LogP contribution < -0.4 is 30.6 Å². The highest BCUT2D eigenvalue weighted by Gasteiger charge is 2.34. The Hall–Kier alpha value is -4.40. The fraction of sp³-hybridized carbons (Fsp3) is 0.333. The number of rotatable bonds is 9. The van der Waals surface area contributed by atoms with Crippen LogP contribution in [0, 0.1) is 26.2 Å². The van der Waals surface area contributed by atoms with Gasteiger partial charge in [-0.3, -0.25) is 15.1 Å². The number of fused-ring (bicyclic) bond motifs is 1. The molecule has 4 rings (SSSR count). The summed E-state index contributed by atoms with van der Waals surface area (Å²) < 4.78 is 17.9. The van der Waals surface area contributed by atoms with Gasteiger partial charge in [0.05, 0.1) is 12.3 Å². The molecule has 0 saturated heterocycles. The fourth-order valence-electron chi connectivity index (χ4n) is 4.84. The molecule has 3 aromatic rings. The number of phenolic OH excluding ortho intramolecular Hbond substituents is 1. The number of nitrogens with two attached hydrogens (primary N) is 2. The second kappa shape index (κ2) is 11.1. The largest absolute Gasteiger partial charge is 0.507 e. The summed E-state index contributed by atoms with van der Waals surface area (Å²) in [6.07, 6.45) is 2.38. The number of benzene rings is 3. The van der Waals surface area contributed by atoms with Crippen LogP contribution in [0.1, 0.15) is 42.0 Å². The number of phenols is 1. The first-order chi connectivity index (χ1) is 18.5. The zero-order valence-electron chi connectivity index (χ0n) is 22.8. The van der Waals surface area contributed by atoms with Crippen LogP contribution >= 0.6 is 0 Å². The van der Waals surface area contributed by atoms with Crippen molar-refractivity contribution in [3.63, 3.8) is 0 Å². The van der Waals surface area contributed by atoms with E-state index in [0.717, 1.165) is 40.8 Å². The van der Waals surface area contributed by atoms with E-state index in [2.05, 4.69) is 6.92 Å². The molecule has 1 aliphatic heterocycles. The number of ether oxygens (including phenoxy) is 3. The Balaban J connectivity index is 1.41. The van der Waals surface area contributed by atoms with Crippen LogP contribution in [-0.4, -0.2) is 35.8 Å². The minimum atomic E-state index is -0.575. The highest BCUT2D eigenvalue weighted by Crippen LogP contribution is 2.44. The van der Waals surface area contributed by atoms with Gasteiger partial charge in [0.2, 0.25) is 0 Å². The van der Waals surface area contributed by atoms with Gasteiger partial charge in [-0.05, 0) is 93.6 Å². The van der Waals surface area contributed by atoms with Gasteiger partial charge in [-0.2, -0.15) is 0 Å². The number of carbonyl (C=O) groups excluding carboxylic acids is 1. The molecule has 3 aromatic carbocycles. The lowest BCUT2D eigenvalue weighted by Crippen LogP contribution is -2.38. The smallest absolute Gasteiger partial charge is 0.255 e. The summed E-state index contributed by atoms with van der Waals surface area (Å²) in [5.74, 6) is 1.62. The summed E-state index contributed by atoms with van der Waals surface area (Å²) in [5, 5.41) is 18.5. The molecule has 39 heavy (non-hydrogen) atoms. The first kappa shape index (κ1) is 27.6. The number of anilines is 2. The van der Waals surface area contributed by atoms with Gasteiger partial charge in [-0.25, -0.2) is 0 Å². The molecule has 1 unspecified atom stereocenters. The number of hydrogen-bond acceptors (Lipinski definition) is 6. The summed E-state index contributed by atoms with van der Waals surface area (Å²) in [4.78, 5) is 12.6. The molecule has 0 saturated carbocycles. The van der Waals surface area contributed by atoms with Crippen LogP contribution in [0.3, 0.4) is 0 Å². The second-order valence-electron chi connectivity index (χ2n) is 10.1. The number of guanidine groups is 1. The van der Waals surface area contributed by atoms with Crippen molar-refractivity contribution < 1.29 is 24.1 Å². The molecule has 0 fully saturated rings. The van der Waals surface area contributed by atoms with Gasteiger partial charge in [-0.1, -0.05) is 6.07 Å². The van der Waals surface area contributed by atoms with E-state index < -0.39 is 5.91 Å². The van der Waals surface area contributed by atoms with Crippen molar-refractivity contribution in [3.05, 3.63) is 70.8 Å². The van der Waals surface area contributed by atoms with Gasteiger partial charge in [0.25, 0.3) is 5.91 Å². The van der Waals surface area contributed by atoms with Gasteiger partial charge in [-0.15, -0.1) is 0 Å². The lowest BCUT2D eigenvalue weighted by atomic mass is 9.86. The molecule has 0 spiro atoms. The highest BCUT2D eigenvalue weighted by atomic mass is 16.5. The van der Waals surface area contributed by atoms with Crippen LogP contribution in [-0.2, 0) is 11.2 Å². The highest BCUT2D eigenvalue weighted by molar-refractivity contribution is 6.00. The van der Waals surface area contributed by atoms with Crippen molar-refractivity contribution in [1.29, 1.82) is 5.41 Å². The molecule has 9 heteroatoms. The van der Waals surface area contributed by atoms with E-state index in [4.69, 9.17) is 31.1 Å². The lowest BCUT2D eigenvalue weighted by molar-refractivity contribution is -0.119. The molecule has 1 atom stereocenters. The molecule has 206 valence electrons. The average molecular weight is 533 g/mol. The predicted octanol–water partition coefficient (Wildman–Crippen LogP) is 4.77. The number of carbonyl (C=O) groups is 1. The second-order valence-corrected chi connectivity index (χ2v) is 10.1. The fourth-order valence-corrected chi connectivity index (χ4v) is 4.84. The molecule has 0 radical (unpaired) electrons. The Morgan fingerprint density at radius 1 is 1.03 bits per heavy atom. The molecule has 1 heterocycles. The van der Waals surface area contributed by atoms with Gasteiger partial charge in [0.15, 0.2) is 12.6 Å². The quantitative estimate of drug-likeness (QED) is 0.230. The molecule has 6 N–H and O–H groups in total. The van der Waals surface area contributed by atoms with Crippen LogP contribution in [0.25, 0.3) is 0 Å². The minimum Gasteiger partial charge on any atom is -0.507 e.